The van der Waals surface area contributed by atoms with Crippen LogP contribution < -0.4 is 10.2 Å². The smallest absolute Gasteiger partial charge is 0.268 e. The molecule has 92 heavy (non-hydrogen) atoms. The van der Waals surface area contributed by atoms with E-state index in [1.807, 2.05) is 27.2 Å². The predicted octanol–water partition coefficient (Wildman–Crippen LogP) is 24.7. The van der Waals surface area contributed by atoms with Crippen molar-refractivity contribution in [2.45, 2.75) is 347 Å². The Balaban J connectivity index is 4.10. The number of phosphoric acid groups is 1. The third-order valence-electron chi connectivity index (χ3n) is 16.9. The third kappa shape index (κ3) is 74.0. The van der Waals surface area contributed by atoms with Crippen LogP contribution in [0.25, 0.3) is 0 Å². The van der Waals surface area contributed by atoms with E-state index >= 15 is 0 Å². The van der Waals surface area contributed by atoms with Crippen LogP contribution in [0.1, 0.15) is 335 Å². The highest BCUT2D eigenvalue weighted by Crippen LogP contribution is 2.38. The molecule has 2 N–H and O–H groups in total. The van der Waals surface area contributed by atoms with Crippen molar-refractivity contribution < 1.29 is 32.9 Å². The highest BCUT2D eigenvalue weighted by molar-refractivity contribution is 7.45. The monoisotopic (exact) mass is 1300 g/mol. The van der Waals surface area contributed by atoms with Crippen molar-refractivity contribution in [3.63, 3.8) is 0 Å². The minimum atomic E-state index is -4.62. The molecule has 9 heteroatoms. The lowest BCUT2D eigenvalue weighted by Gasteiger charge is -2.29. The SMILES string of the molecule is CC/C=C\C/C=C\C/C=C\C/C=C\C/C=C\C/C=C\C/C=C\C/C=C\C/C=C\C/C=C\CCCCCCCCCCC(=O)NC(COP(=O)([O-])OCC[N+](C)(C)C)C(O)/C=C/CCCCCCCCCCCCCCCCCCCCCCCCCCCCCCC. The van der Waals surface area contributed by atoms with Crippen molar-refractivity contribution in [1.82, 2.24) is 5.32 Å². The fourth-order valence-electron chi connectivity index (χ4n) is 11.0. The van der Waals surface area contributed by atoms with E-state index in [4.69, 9.17) is 9.05 Å². The molecule has 8 nitrogen and oxygen atoms in total. The largest absolute Gasteiger partial charge is 0.756 e. The number of carbonyl (C=O) groups is 1. The van der Waals surface area contributed by atoms with E-state index in [0.717, 1.165) is 116 Å². The molecule has 0 saturated heterocycles. The summed E-state index contributed by atoms with van der Waals surface area (Å²) in [4.78, 5) is 25.7. The molecule has 0 aromatic heterocycles. The number of likely N-dealkylation sites (N-methyl/N-ethyl adjacent to an activating group) is 1. The van der Waals surface area contributed by atoms with Crippen molar-refractivity contribution >= 4 is 13.7 Å². The number of nitrogens with zero attached hydrogens (tertiary/aromatic N) is 1. The molecular weight excluding hydrogens is 1150 g/mol. The van der Waals surface area contributed by atoms with Crippen LogP contribution in [0, 0.1) is 0 Å². The summed E-state index contributed by atoms with van der Waals surface area (Å²) in [6.45, 7) is 4.55. The number of nitrogens with one attached hydrogen (secondary N) is 1. The van der Waals surface area contributed by atoms with Gasteiger partial charge in [-0.1, -0.05) is 366 Å². The second kappa shape index (κ2) is 71.9. The highest BCUT2D eigenvalue weighted by atomic mass is 31.2. The average molecular weight is 1300 g/mol. The first-order valence-corrected chi connectivity index (χ1v) is 40.0. The normalized spacial score (nSPS) is 14.3. The molecule has 0 radical (unpaired) electrons. The van der Waals surface area contributed by atoms with Crippen LogP contribution in [0.4, 0.5) is 0 Å². The summed E-state index contributed by atoms with van der Waals surface area (Å²) >= 11 is 0. The molecule has 0 rings (SSSR count). The Kier molecular flexibility index (Phi) is 69.3. The number of phosphoric ester groups is 1. The van der Waals surface area contributed by atoms with Crippen molar-refractivity contribution in [3.8, 4) is 0 Å². The maximum absolute atomic E-state index is 13.1. The number of amides is 1. The Labute approximate surface area is 570 Å². The lowest BCUT2D eigenvalue weighted by atomic mass is 10.0. The van der Waals surface area contributed by atoms with Gasteiger partial charge in [-0.3, -0.25) is 9.36 Å². The maximum atomic E-state index is 13.1. The summed E-state index contributed by atoms with van der Waals surface area (Å²) in [6, 6.07) is -0.903. The van der Waals surface area contributed by atoms with Gasteiger partial charge in [0.05, 0.1) is 39.9 Å². The minimum Gasteiger partial charge on any atom is -0.756 e. The standard InChI is InChI=1S/C83H147N2O6P/c1-6-8-10-12-14-16-18-20-22-24-26-28-30-32-34-36-38-39-40-41-42-43-44-45-47-49-51-53-55-57-59-61-63-65-67-69-71-73-75-77-83(87)84-81(80-91-92(88,89)90-79-78-85(3,4)5)82(86)76-74-72-70-68-66-64-62-60-58-56-54-52-50-48-46-37-35-33-31-29-27-25-23-21-19-17-15-13-11-9-7-2/h8,10,14,16,20,22,26,28,32,34,38-39,41-42,44-45,49,51,55,57,74,76,81-82,86H,6-7,9,11-13,15,17-19,21,23-25,27,29-31,33,35-37,40,43,46-48,50,52-54,56,58-73,75,77-80H2,1-5H3,(H-,84,87,88,89)/b10-8-,16-14-,22-20-,28-26-,34-32-,39-38-,42-41-,45-44-,51-49-,57-55-,76-74+. The molecule has 0 aliphatic rings. The van der Waals surface area contributed by atoms with E-state index in [0.29, 0.717) is 17.4 Å². The van der Waals surface area contributed by atoms with Crippen LogP contribution in [-0.4, -0.2) is 68.5 Å². The molecule has 0 heterocycles. The average Bonchev–Trinajstić information content (AvgIpc) is 2.63. The van der Waals surface area contributed by atoms with Gasteiger partial charge in [0, 0.05) is 6.42 Å². The quantitative estimate of drug-likeness (QED) is 0.0272. The van der Waals surface area contributed by atoms with Gasteiger partial charge in [-0.05, 0) is 96.3 Å². The Bertz CT molecular complexity index is 1970. The summed E-state index contributed by atoms with van der Waals surface area (Å²) in [5, 5.41) is 14.0. The molecule has 0 aromatic carbocycles. The van der Waals surface area contributed by atoms with E-state index in [1.165, 1.54) is 199 Å². The number of rotatable bonds is 70. The molecule has 3 atom stereocenters. The van der Waals surface area contributed by atoms with Crippen LogP contribution in [0.15, 0.2) is 134 Å². The lowest BCUT2D eigenvalue weighted by Crippen LogP contribution is -2.45. The third-order valence-corrected chi connectivity index (χ3v) is 17.8. The lowest BCUT2D eigenvalue weighted by molar-refractivity contribution is -0.870. The van der Waals surface area contributed by atoms with E-state index in [-0.39, 0.29) is 19.1 Å². The van der Waals surface area contributed by atoms with Crippen LogP contribution in [-0.2, 0) is 18.4 Å². The zero-order valence-electron chi connectivity index (χ0n) is 60.7. The van der Waals surface area contributed by atoms with Gasteiger partial charge in [0.1, 0.15) is 13.2 Å². The summed E-state index contributed by atoms with van der Waals surface area (Å²) in [6.07, 6.45) is 109. The number of aliphatic hydroxyl groups is 1. The number of aliphatic hydroxyl groups excluding tert-OH is 1. The predicted molar refractivity (Wildman–Crippen MR) is 403 cm³/mol. The van der Waals surface area contributed by atoms with Gasteiger partial charge in [0.25, 0.3) is 7.82 Å². The number of allylic oxidation sites excluding steroid dienone is 21. The number of carbonyl (C=O) groups excluding carboxylic acids is 1. The Morgan fingerprint density at radius 2 is 0.663 bits per heavy atom. The first-order valence-electron chi connectivity index (χ1n) is 38.5. The molecule has 530 valence electrons. The Morgan fingerprint density at radius 1 is 0.391 bits per heavy atom. The molecule has 0 aliphatic heterocycles. The number of hydrogen-bond donors (Lipinski definition) is 2. The molecule has 1 amide bonds. The summed E-state index contributed by atoms with van der Waals surface area (Å²) in [5.41, 5.74) is 0. The fraction of sp³-hybridized carbons (Fsp3) is 0.723. The van der Waals surface area contributed by atoms with E-state index < -0.39 is 20.0 Å². The van der Waals surface area contributed by atoms with Gasteiger partial charge < -0.3 is 28.8 Å². The van der Waals surface area contributed by atoms with Crippen LogP contribution in [0.5, 0.6) is 0 Å². The zero-order valence-corrected chi connectivity index (χ0v) is 61.6. The number of unbranched alkanes of at least 4 members (excludes halogenated alkanes) is 37. The van der Waals surface area contributed by atoms with E-state index in [2.05, 4.69) is 141 Å². The van der Waals surface area contributed by atoms with Gasteiger partial charge in [0.2, 0.25) is 5.91 Å². The Morgan fingerprint density at radius 3 is 0.967 bits per heavy atom. The molecular formula is C83H147N2O6P. The van der Waals surface area contributed by atoms with Crippen molar-refractivity contribution in [3.05, 3.63) is 134 Å². The molecule has 3 unspecified atom stereocenters. The second-order valence-electron chi connectivity index (χ2n) is 27.0. The number of hydrogen-bond acceptors (Lipinski definition) is 6. The van der Waals surface area contributed by atoms with E-state index in [1.54, 1.807) is 6.08 Å². The zero-order chi connectivity index (χ0) is 66.9. The molecule has 0 saturated carbocycles. The minimum absolute atomic E-state index is 0.00834. The second-order valence-corrected chi connectivity index (χ2v) is 28.4. The first-order chi connectivity index (χ1) is 45.0. The van der Waals surface area contributed by atoms with Crippen LogP contribution in [0.2, 0.25) is 0 Å². The summed E-state index contributed by atoms with van der Waals surface area (Å²) in [7, 11) is 1.25. The molecule has 0 fully saturated rings. The van der Waals surface area contributed by atoms with Crippen molar-refractivity contribution in [2.75, 3.05) is 40.9 Å². The van der Waals surface area contributed by atoms with Gasteiger partial charge in [-0.2, -0.15) is 0 Å². The Hall–Kier alpha value is -3.36. The van der Waals surface area contributed by atoms with Gasteiger partial charge in [-0.25, -0.2) is 0 Å². The molecule has 0 aliphatic carbocycles. The van der Waals surface area contributed by atoms with E-state index in [9.17, 15) is 19.4 Å². The molecule has 0 aromatic rings. The fourth-order valence-corrected chi connectivity index (χ4v) is 11.7. The number of quaternary nitrogens is 1. The van der Waals surface area contributed by atoms with Crippen molar-refractivity contribution in [2.24, 2.45) is 0 Å². The van der Waals surface area contributed by atoms with Gasteiger partial charge >= 0.3 is 0 Å². The van der Waals surface area contributed by atoms with Crippen LogP contribution >= 0.6 is 7.82 Å². The summed E-state index contributed by atoms with van der Waals surface area (Å²) < 4.78 is 23.5. The first kappa shape index (κ1) is 88.6. The maximum Gasteiger partial charge on any atom is 0.268 e. The topological polar surface area (TPSA) is 108 Å². The van der Waals surface area contributed by atoms with Gasteiger partial charge in [-0.15, -0.1) is 0 Å². The van der Waals surface area contributed by atoms with Crippen molar-refractivity contribution in [1.29, 1.82) is 0 Å². The highest BCUT2D eigenvalue weighted by Gasteiger charge is 2.23. The van der Waals surface area contributed by atoms with Gasteiger partial charge in [0.15, 0.2) is 0 Å². The van der Waals surface area contributed by atoms with Crippen LogP contribution in [0.3, 0.4) is 0 Å². The molecule has 0 bridgehead atoms. The summed E-state index contributed by atoms with van der Waals surface area (Å²) in [5.74, 6) is -0.207. The molecule has 0 spiro atoms.